The number of nitrogens with zero attached hydrogens (tertiary/aromatic N) is 5. The lowest BCUT2D eigenvalue weighted by molar-refractivity contribution is -0.119. The third kappa shape index (κ3) is 4.84. The van der Waals surface area contributed by atoms with Gasteiger partial charge in [-0.25, -0.2) is 9.67 Å². The quantitative estimate of drug-likeness (QED) is 0.609. The number of carbonyl (C=O) groups is 1. The van der Waals surface area contributed by atoms with Gasteiger partial charge in [0.1, 0.15) is 6.33 Å². The Morgan fingerprint density at radius 1 is 1.31 bits per heavy atom. The van der Waals surface area contributed by atoms with E-state index in [1.807, 2.05) is 19.2 Å². The highest BCUT2D eigenvalue weighted by Gasteiger charge is 2.16. The molecule has 0 aliphatic heterocycles. The monoisotopic (exact) mass is 456 g/mol. The zero-order chi connectivity index (χ0) is 18.7. The molecule has 1 unspecified atom stereocenters. The Kier molecular flexibility index (Phi) is 5.95. The molecule has 1 atom stereocenters. The summed E-state index contributed by atoms with van der Waals surface area (Å²) in [6.45, 7) is 2.75. The predicted molar refractivity (Wildman–Crippen MR) is 103 cm³/mol. The first-order valence-electron chi connectivity index (χ1n) is 7.73. The summed E-state index contributed by atoms with van der Waals surface area (Å²) in [7, 11) is 0. The van der Waals surface area contributed by atoms with Gasteiger partial charge in [-0.1, -0.05) is 36.2 Å². The molecule has 0 spiro atoms. The summed E-state index contributed by atoms with van der Waals surface area (Å²) in [6.07, 6.45) is 5.04. The van der Waals surface area contributed by atoms with E-state index in [4.69, 9.17) is 23.2 Å². The van der Waals surface area contributed by atoms with Gasteiger partial charge in [0.15, 0.2) is 0 Å². The molecule has 3 aromatic rings. The maximum Gasteiger partial charge on any atom is 0.248 e. The van der Waals surface area contributed by atoms with Gasteiger partial charge in [-0.15, -0.1) is 5.10 Å². The number of aromatic nitrogens is 5. The van der Waals surface area contributed by atoms with Crippen LogP contribution >= 0.6 is 39.1 Å². The number of carbonyl (C=O) groups excluding carboxylic acids is 1. The maximum absolute atomic E-state index is 12.3. The molecule has 0 fully saturated rings. The maximum atomic E-state index is 12.3. The van der Waals surface area contributed by atoms with Crippen LogP contribution in [0.1, 0.15) is 12.5 Å². The van der Waals surface area contributed by atoms with Crippen LogP contribution in [0.15, 0.2) is 41.4 Å². The second-order valence-corrected chi connectivity index (χ2v) is 7.52. The molecule has 136 valence electrons. The molecule has 2 aromatic heterocycles. The predicted octanol–water partition coefficient (Wildman–Crippen LogP) is 3.87. The number of hydrogen-bond donors (Lipinski definition) is 1. The van der Waals surface area contributed by atoms with Gasteiger partial charge in [-0.3, -0.25) is 14.8 Å². The molecule has 2 heterocycles. The average Bonchev–Trinajstić information content (AvgIpc) is 3.20. The highest BCUT2D eigenvalue weighted by Crippen LogP contribution is 2.23. The van der Waals surface area contributed by atoms with Crippen molar-refractivity contribution in [3.8, 4) is 0 Å². The first-order valence-corrected chi connectivity index (χ1v) is 9.28. The van der Waals surface area contributed by atoms with E-state index in [0.717, 1.165) is 10.0 Å². The van der Waals surface area contributed by atoms with Crippen LogP contribution in [-0.2, 0) is 17.9 Å². The minimum atomic E-state index is -0.288. The zero-order valence-corrected chi connectivity index (χ0v) is 16.8. The summed E-state index contributed by atoms with van der Waals surface area (Å²) in [4.78, 5) is 16.4. The average molecular weight is 458 g/mol. The van der Waals surface area contributed by atoms with Crippen molar-refractivity contribution in [1.82, 2.24) is 24.5 Å². The number of hydrogen-bond acceptors (Lipinski definition) is 4. The lowest BCUT2D eigenvalue weighted by Gasteiger charge is -2.10. The molecule has 0 aliphatic rings. The molecule has 0 aliphatic carbocycles. The molecule has 26 heavy (non-hydrogen) atoms. The van der Waals surface area contributed by atoms with Crippen molar-refractivity contribution in [2.45, 2.75) is 20.0 Å². The number of amides is 1. The Morgan fingerprint density at radius 2 is 2.12 bits per heavy atom. The van der Waals surface area contributed by atoms with Crippen LogP contribution in [0.5, 0.6) is 0 Å². The van der Waals surface area contributed by atoms with Gasteiger partial charge >= 0.3 is 0 Å². The molecule has 10 heteroatoms. The molecule has 7 nitrogen and oxygen atoms in total. The molecule has 0 bridgehead atoms. The Morgan fingerprint density at radius 3 is 2.81 bits per heavy atom. The number of anilines is 1. The molecular weight excluding hydrogens is 443 g/mol. The second kappa shape index (κ2) is 8.20. The first-order chi connectivity index (χ1) is 12.4. The third-order valence-corrected chi connectivity index (χ3v) is 4.76. The Hall–Kier alpha value is -1.90. The van der Waals surface area contributed by atoms with E-state index in [0.29, 0.717) is 23.1 Å². The fourth-order valence-corrected chi connectivity index (χ4v) is 2.94. The number of rotatable bonds is 6. The van der Waals surface area contributed by atoms with Crippen molar-refractivity contribution >= 4 is 51.0 Å². The molecule has 1 N–H and O–H groups in total. The van der Waals surface area contributed by atoms with Gasteiger partial charge in [0.05, 0.1) is 39.7 Å². The van der Waals surface area contributed by atoms with Gasteiger partial charge < -0.3 is 0 Å². The summed E-state index contributed by atoms with van der Waals surface area (Å²) in [5, 5.41) is 12.1. The van der Waals surface area contributed by atoms with Crippen molar-refractivity contribution in [2.75, 3.05) is 5.32 Å². The van der Waals surface area contributed by atoms with Gasteiger partial charge in [0, 0.05) is 6.20 Å². The van der Waals surface area contributed by atoms with Crippen LogP contribution in [0.2, 0.25) is 10.0 Å². The van der Waals surface area contributed by atoms with Crippen molar-refractivity contribution in [2.24, 2.45) is 5.92 Å². The van der Waals surface area contributed by atoms with E-state index in [2.05, 4.69) is 36.4 Å². The smallest absolute Gasteiger partial charge is 0.248 e. The lowest BCUT2D eigenvalue weighted by Crippen LogP contribution is -2.25. The van der Waals surface area contributed by atoms with Gasteiger partial charge in [-0.2, -0.15) is 5.10 Å². The van der Waals surface area contributed by atoms with E-state index >= 15 is 0 Å². The lowest BCUT2D eigenvalue weighted by atomic mass is 10.1. The highest BCUT2D eigenvalue weighted by molar-refractivity contribution is 9.10. The van der Waals surface area contributed by atoms with Crippen molar-refractivity contribution in [3.05, 3.63) is 57.0 Å². The van der Waals surface area contributed by atoms with Crippen LogP contribution in [0.3, 0.4) is 0 Å². The SMILES string of the molecule is CC(Cn1cc(Br)cn1)C(=O)Nc1ncn(Cc2ccc(Cl)c(Cl)c2)n1. The topological polar surface area (TPSA) is 77.6 Å². The summed E-state index contributed by atoms with van der Waals surface area (Å²) < 4.78 is 4.18. The second-order valence-electron chi connectivity index (χ2n) is 5.79. The van der Waals surface area contributed by atoms with Gasteiger partial charge in [0.25, 0.3) is 0 Å². The molecule has 1 amide bonds. The van der Waals surface area contributed by atoms with Gasteiger partial charge in [-0.05, 0) is 33.6 Å². The number of halogens is 3. The fraction of sp³-hybridized carbons (Fsp3) is 0.250. The van der Waals surface area contributed by atoms with Gasteiger partial charge in [0.2, 0.25) is 11.9 Å². The summed E-state index contributed by atoms with van der Waals surface area (Å²) in [6, 6.07) is 5.36. The molecule has 3 rings (SSSR count). The van der Waals surface area contributed by atoms with Crippen LogP contribution < -0.4 is 5.32 Å². The molecular formula is C16H15BrCl2N6O. The minimum Gasteiger partial charge on any atom is -0.293 e. The largest absolute Gasteiger partial charge is 0.293 e. The van der Waals surface area contributed by atoms with E-state index in [1.54, 1.807) is 34.0 Å². The Bertz CT molecular complexity index is 925. The van der Waals surface area contributed by atoms with E-state index < -0.39 is 0 Å². The summed E-state index contributed by atoms with van der Waals surface area (Å²) in [5.41, 5.74) is 0.930. The molecule has 0 saturated carbocycles. The number of benzene rings is 1. The van der Waals surface area contributed by atoms with Crippen molar-refractivity contribution < 1.29 is 4.79 Å². The van der Waals surface area contributed by atoms with E-state index in [-0.39, 0.29) is 17.8 Å². The normalized spacial score (nSPS) is 12.2. The summed E-state index contributed by atoms with van der Waals surface area (Å²) in [5.74, 6) is -0.212. The third-order valence-electron chi connectivity index (χ3n) is 3.61. The molecule has 0 saturated heterocycles. The van der Waals surface area contributed by atoms with Crippen LogP contribution in [0.25, 0.3) is 0 Å². The molecule has 1 aromatic carbocycles. The van der Waals surface area contributed by atoms with Crippen molar-refractivity contribution in [3.63, 3.8) is 0 Å². The van der Waals surface area contributed by atoms with E-state index in [9.17, 15) is 4.79 Å². The Labute approximate surface area is 168 Å². The zero-order valence-electron chi connectivity index (χ0n) is 13.7. The summed E-state index contributed by atoms with van der Waals surface area (Å²) >= 11 is 15.3. The Balaban J connectivity index is 1.58. The first kappa shape index (κ1) is 18.9. The van der Waals surface area contributed by atoms with E-state index in [1.165, 1.54) is 0 Å². The van der Waals surface area contributed by atoms with Crippen molar-refractivity contribution in [1.29, 1.82) is 0 Å². The standard InChI is InChI=1S/C16H15BrCl2N6O/c1-10(6-24-8-12(17)5-21-24)15(26)22-16-20-9-25(23-16)7-11-2-3-13(18)14(19)4-11/h2-5,8-10H,6-7H2,1H3,(H,22,23,26). The highest BCUT2D eigenvalue weighted by atomic mass is 79.9. The molecule has 0 radical (unpaired) electrons. The van der Waals surface area contributed by atoms with Crippen LogP contribution in [0.4, 0.5) is 5.95 Å². The fourth-order valence-electron chi connectivity index (χ4n) is 2.29. The van der Waals surface area contributed by atoms with Crippen LogP contribution in [0, 0.1) is 5.92 Å². The minimum absolute atomic E-state index is 0.177. The van der Waals surface area contributed by atoms with Crippen LogP contribution in [-0.4, -0.2) is 30.5 Å². The number of nitrogens with one attached hydrogen (secondary N) is 1.